The first-order valence-electron chi connectivity index (χ1n) is 15.6. The molecule has 0 saturated carbocycles. The van der Waals surface area contributed by atoms with Crippen LogP contribution < -0.4 is 22.1 Å². The molecule has 0 aliphatic heterocycles. The molecule has 0 atom stereocenters. The van der Waals surface area contributed by atoms with Crippen LogP contribution in [-0.4, -0.2) is 21.8 Å². The summed E-state index contributed by atoms with van der Waals surface area (Å²) in [6.07, 6.45) is -6.60. The Morgan fingerprint density at radius 1 is 0.596 bits per heavy atom. The number of nitrogens with two attached hydrogens (primary N) is 2. The molecule has 0 aliphatic carbocycles. The number of alkyl halides is 6. The average Bonchev–Trinajstić information content (AvgIpc) is 3.80. The fraction of sp³-hybridized carbons (Fsp3) is 0.135. The highest BCUT2D eigenvalue weighted by molar-refractivity contribution is 6.36. The van der Waals surface area contributed by atoms with Gasteiger partial charge < -0.3 is 30.9 Å². The number of nitrogen functional groups attached to an aromatic ring is 2. The van der Waals surface area contributed by atoms with E-state index in [0.717, 1.165) is 48.9 Å². The number of nitrogens with one attached hydrogen (secondary N) is 2. The summed E-state index contributed by atoms with van der Waals surface area (Å²) in [6.45, 7) is 0. The molecule has 0 fully saturated rings. The van der Waals surface area contributed by atoms with Gasteiger partial charge in [-0.15, -0.1) is 0 Å². The smallest absolute Gasteiger partial charge is 0.416 e. The maximum atomic E-state index is 12.8. The minimum Gasteiger partial charge on any atom is -0.448 e. The molecule has 6 rings (SSSR count). The Bertz CT molecular complexity index is 2360. The van der Waals surface area contributed by atoms with Crippen molar-refractivity contribution >= 4 is 81.0 Å². The lowest BCUT2D eigenvalue weighted by Crippen LogP contribution is -2.15. The van der Waals surface area contributed by atoms with E-state index in [-0.39, 0.29) is 66.2 Å². The lowest BCUT2D eigenvalue weighted by molar-refractivity contribution is -0.138. The van der Waals surface area contributed by atoms with Crippen LogP contribution in [0.2, 0.25) is 20.1 Å². The molecule has 0 unspecified atom stereocenters. The van der Waals surface area contributed by atoms with Crippen molar-refractivity contribution in [3.8, 4) is 0 Å². The lowest BCUT2D eigenvalue weighted by Gasteiger charge is -2.11. The van der Waals surface area contributed by atoms with Gasteiger partial charge in [0.15, 0.2) is 23.2 Å². The van der Waals surface area contributed by atoms with Gasteiger partial charge in [-0.3, -0.25) is 9.59 Å². The number of amides is 2. The molecule has 2 amide bonds. The van der Waals surface area contributed by atoms with E-state index in [0.29, 0.717) is 31.2 Å². The normalized spacial score (nSPS) is 11.3. The van der Waals surface area contributed by atoms with E-state index in [4.69, 9.17) is 66.7 Å². The van der Waals surface area contributed by atoms with Crippen molar-refractivity contribution in [2.45, 2.75) is 32.6 Å². The minimum absolute atomic E-state index is 0. The van der Waals surface area contributed by atoms with Crippen LogP contribution in [-0.2, 0) is 25.2 Å². The predicted molar refractivity (Wildman–Crippen MR) is 206 cm³/mol. The Labute approximate surface area is 340 Å². The number of aromatic nitrogens is 2. The van der Waals surface area contributed by atoms with Gasteiger partial charge in [-0.2, -0.15) is 26.3 Å². The van der Waals surface area contributed by atoms with Gasteiger partial charge in [0.25, 0.3) is 11.8 Å². The third-order valence-corrected chi connectivity index (χ3v) is 9.02. The highest BCUT2D eigenvalue weighted by atomic mass is 35.5. The van der Waals surface area contributed by atoms with Crippen LogP contribution in [0.25, 0.3) is 0 Å². The molecule has 10 nitrogen and oxygen atoms in total. The van der Waals surface area contributed by atoms with Crippen molar-refractivity contribution in [1.82, 2.24) is 9.97 Å². The Morgan fingerprint density at radius 3 is 1.42 bits per heavy atom. The van der Waals surface area contributed by atoms with Gasteiger partial charge in [-0.1, -0.05) is 66.0 Å². The van der Waals surface area contributed by atoms with Crippen molar-refractivity contribution < 1.29 is 44.8 Å². The number of nitrogens with zero attached hydrogens (tertiary/aromatic N) is 2. The molecule has 0 spiro atoms. The van der Waals surface area contributed by atoms with Gasteiger partial charge >= 0.3 is 12.4 Å². The summed E-state index contributed by atoms with van der Waals surface area (Å²) < 4.78 is 87.1. The van der Waals surface area contributed by atoms with E-state index in [2.05, 4.69) is 20.6 Å². The molecule has 6 aromatic rings. The molecule has 0 bridgehead atoms. The van der Waals surface area contributed by atoms with Gasteiger partial charge in [-0.05, 0) is 71.8 Å². The number of carbonyl (C=O) groups excluding carboxylic acids is 2. The summed E-state index contributed by atoms with van der Waals surface area (Å²) in [5.74, 6) is -1.10. The molecular formula is C37H28Cl4F6N6O4. The van der Waals surface area contributed by atoms with E-state index in [1.54, 1.807) is 36.4 Å². The quantitative estimate of drug-likeness (QED) is 0.0867. The van der Waals surface area contributed by atoms with Gasteiger partial charge in [-0.25, -0.2) is 9.97 Å². The first kappa shape index (κ1) is 44.3. The second-order valence-electron chi connectivity index (χ2n) is 11.5. The molecule has 20 heteroatoms. The standard InChI is InChI=1S/2C18H12Cl2F3N3O2.CH4/c19-11-2-1-3-12(20)10(11)7-16-25-15(8-28-16)17(27)26-14-5-4-9(6-13(14)24)18(21,22)23;19-11-2-1-3-12(20)10(11)7-16-25-15(8-28-16)17(27)26-14-6-9(18(21,22)23)4-5-13(14)24;/h2*1-6,8H,7,24H2,(H,26,27);1H4. The Kier molecular flexibility index (Phi) is 14.2. The zero-order chi connectivity index (χ0) is 40.9. The zero-order valence-corrected chi connectivity index (χ0v) is 31.0. The maximum Gasteiger partial charge on any atom is 0.416 e. The van der Waals surface area contributed by atoms with Crippen LogP contribution in [0.4, 0.5) is 49.1 Å². The summed E-state index contributed by atoms with van der Waals surface area (Å²) in [4.78, 5) is 32.7. The van der Waals surface area contributed by atoms with Crippen molar-refractivity contribution in [2.24, 2.45) is 0 Å². The second kappa shape index (κ2) is 18.2. The van der Waals surface area contributed by atoms with E-state index in [9.17, 15) is 35.9 Å². The highest BCUT2D eigenvalue weighted by Gasteiger charge is 2.32. The molecule has 2 aromatic heterocycles. The summed E-state index contributed by atoms with van der Waals surface area (Å²) >= 11 is 24.4. The predicted octanol–water partition coefficient (Wildman–Crippen LogP) is 11.5. The van der Waals surface area contributed by atoms with E-state index >= 15 is 0 Å². The summed E-state index contributed by atoms with van der Waals surface area (Å²) in [6, 6.07) is 15.3. The number of hydrogen-bond donors (Lipinski definition) is 4. The summed E-state index contributed by atoms with van der Waals surface area (Å²) in [7, 11) is 0. The third kappa shape index (κ3) is 11.3. The van der Waals surface area contributed by atoms with Crippen LogP contribution in [0, 0.1) is 0 Å². The molecule has 0 radical (unpaired) electrons. The van der Waals surface area contributed by atoms with Gasteiger partial charge in [0.05, 0.1) is 46.7 Å². The summed E-state index contributed by atoms with van der Waals surface area (Å²) in [5, 5.41) is 6.37. The number of hydrogen-bond acceptors (Lipinski definition) is 8. The number of benzene rings is 4. The Balaban J connectivity index is 0.000000248. The summed E-state index contributed by atoms with van der Waals surface area (Å²) in [5.41, 5.74) is 9.94. The fourth-order valence-corrected chi connectivity index (χ4v) is 5.83. The lowest BCUT2D eigenvalue weighted by atomic mass is 10.1. The zero-order valence-electron chi connectivity index (χ0n) is 28.0. The molecule has 0 aliphatic rings. The van der Waals surface area contributed by atoms with Gasteiger partial charge in [0.1, 0.15) is 12.5 Å². The number of anilines is 4. The number of rotatable bonds is 8. The van der Waals surface area contributed by atoms with Crippen molar-refractivity contribution in [3.63, 3.8) is 0 Å². The monoisotopic (exact) mass is 874 g/mol. The number of oxazole rings is 2. The molecule has 57 heavy (non-hydrogen) atoms. The van der Waals surface area contributed by atoms with Crippen LogP contribution >= 0.6 is 46.4 Å². The van der Waals surface area contributed by atoms with E-state index in [1.807, 2.05) is 0 Å². The van der Waals surface area contributed by atoms with Crippen LogP contribution in [0.1, 0.15) is 62.4 Å². The van der Waals surface area contributed by atoms with Crippen LogP contribution in [0.5, 0.6) is 0 Å². The largest absolute Gasteiger partial charge is 0.448 e. The first-order chi connectivity index (χ1) is 26.3. The Hall–Kier alpha value is -5.42. The maximum absolute atomic E-state index is 12.8. The molecular weight excluding hydrogens is 848 g/mol. The van der Waals surface area contributed by atoms with Crippen LogP contribution in [0.15, 0.2) is 94.2 Å². The van der Waals surface area contributed by atoms with Crippen molar-refractivity contribution in [2.75, 3.05) is 22.1 Å². The molecule has 2 heterocycles. The van der Waals surface area contributed by atoms with Crippen molar-refractivity contribution in [1.29, 1.82) is 0 Å². The van der Waals surface area contributed by atoms with Gasteiger partial charge in [0, 0.05) is 20.1 Å². The van der Waals surface area contributed by atoms with Crippen LogP contribution in [0.3, 0.4) is 0 Å². The number of halogens is 10. The SMILES string of the molecule is C.Nc1cc(C(F)(F)F)ccc1NC(=O)c1coc(Cc2c(Cl)cccc2Cl)n1.Nc1ccc(C(F)(F)F)cc1NC(=O)c1coc(Cc2c(Cl)cccc2Cl)n1. The molecule has 0 saturated heterocycles. The van der Waals surface area contributed by atoms with E-state index in [1.165, 1.54) is 0 Å². The molecule has 6 N–H and O–H groups in total. The molecule has 4 aromatic carbocycles. The second-order valence-corrected chi connectivity index (χ2v) is 13.1. The highest BCUT2D eigenvalue weighted by Crippen LogP contribution is 2.35. The average molecular weight is 876 g/mol. The first-order valence-corrected chi connectivity index (χ1v) is 17.1. The fourth-order valence-electron chi connectivity index (χ4n) is 4.76. The Morgan fingerprint density at radius 2 is 1.00 bits per heavy atom. The van der Waals surface area contributed by atoms with E-state index < -0.39 is 35.3 Å². The van der Waals surface area contributed by atoms with Crippen molar-refractivity contribution in [3.05, 3.63) is 151 Å². The molecule has 300 valence electrons. The topological polar surface area (TPSA) is 162 Å². The third-order valence-electron chi connectivity index (χ3n) is 7.60. The van der Waals surface area contributed by atoms with Gasteiger partial charge in [0.2, 0.25) is 0 Å². The minimum atomic E-state index is -4.57. The number of carbonyl (C=O) groups is 2.